The third-order valence-corrected chi connectivity index (χ3v) is 5.91. The van der Waals surface area contributed by atoms with Crippen LogP contribution in [-0.2, 0) is 11.3 Å². The number of fused-ring (bicyclic) bond motifs is 1. The van der Waals surface area contributed by atoms with Crippen molar-refractivity contribution in [3.63, 3.8) is 0 Å². The summed E-state index contributed by atoms with van der Waals surface area (Å²) in [6.07, 6.45) is 0. The highest BCUT2D eigenvalue weighted by Gasteiger charge is 2.26. The number of rotatable bonds is 5. The molecule has 0 bridgehead atoms. The first kappa shape index (κ1) is 20.3. The van der Waals surface area contributed by atoms with Gasteiger partial charge in [0, 0.05) is 37.7 Å². The number of carbonyl (C=O) groups excluding carboxylic acids is 1. The first-order chi connectivity index (χ1) is 14.0. The Morgan fingerprint density at radius 3 is 2.59 bits per heavy atom. The van der Waals surface area contributed by atoms with Crippen molar-refractivity contribution in [3.05, 3.63) is 52.0 Å². The molecule has 2 aromatic carbocycles. The van der Waals surface area contributed by atoms with Gasteiger partial charge < -0.3 is 14.8 Å². The Kier molecular flexibility index (Phi) is 6.15. The van der Waals surface area contributed by atoms with Crippen LogP contribution >= 0.6 is 23.2 Å². The monoisotopic (exact) mass is 435 g/mol. The van der Waals surface area contributed by atoms with Crippen molar-refractivity contribution in [1.29, 1.82) is 0 Å². The van der Waals surface area contributed by atoms with Crippen LogP contribution in [0.25, 0.3) is 0 Å². The van der Waals surface area contributed by atoms with Gasteiger partial charge in [-0.25, -0.2) is 0 Å². The summed E-state index contributed by atoms with van der Waals surface area (Å²) in [6, 6.07) is 10.9. The van der Waals surface area contributed by atoms with E-state index in [9.17, 15) is 4.79 Å². The van der Waals surface area contributed by atoms with Gasteiger partial charge >= 0.3 is 0 Å². The van der Waals surface area contributed by atoms with E-state index in [0.717, 1.165) is 44.2 Å². The van der Waals surface area contributed by atoms with Crippen molar-refractivity contribution in [2.24, 2.45) is 0 Å². The second-order valence-electron chi connectivity index (χ2n) is 7.29. The van der Waals surface area contributed by atoms with Crippen molar-refractivity contribution >= 4 is 34.8 Å². The first-order valence-electron chi connectivity index (χ1n) is 9.60. The van der Waals surface area contributed by atoms with Crippen molar-refractivity contribution < 1.29 is 14.3 Å². The molecule has 8 heteroatoms. The molecule has 1 amide bonds. The average Bonchev–Trinajstić information content (AvgIpc) is 3.18. The molecule has 154 valence electrons. The number of benzene rings is 2. The highest BCUT2D eigenvalue weighted by molar-refractivity contribution is 6.36. The van der Waals surface area contributed by atoms with Crippen molar-refractivity contribution in [2.45, 2.75) is 19.5 Å². The maximum atomic E-state index is 12.6. The number of halogens is 2. The zero-order chi connectivity index (χ0) is 20.4. The average molecular weight is 436 g/mol. The molecule has 0 saturated carbocycles. The summed E-state index contributed by atoms with van der Waals surface area (Å²) in [7, 11) is 0. The summed E-state index contributed by atoms with van der Waals surface area (Å²) in [4.78, 5) is 17.2. The molecule has 0 aromatic heterocycles. The fourth-order valence-electron chi connectivity index (χ4n) is 3.60. The minimum Gasteiger partial charge on any atom is -0.454 e. The van der Waals surface area contributed by atoms with E-state index < -0.39 is 0 Å². The van der Waals surface area contributed by atoms with Gasteiger partial charge in [-0.05, 0) is 42.8 Å². The maximum Gasteiger partial charge on any atom is 0.241 e. The third-order valence-electron chi connectivity index (χ3n) is 5.37. The standard InChI is InChI=1S/C21H23Cl2N3O3/c1-14(21(27)24-18-4-3-16(22)11-17(18)23)26-8-6-25(7-9-26)12-15-2-5-19-20(10-15)29-13-28-19/h2-5,10-11,14H,6-9,12-13H2,1H3,(H,24,27). The molecule has 2 aliphatic heterocycles. The summed E-state index contributed by atoms with van der Waals surface area (Å²) < 4.78 is 10.8. The molecule has 4 rings (SSSR count). The number of hydrogen-bond donors (Lipinski definition) is 1. The number of carbonyl (C=O) groups is 1. The second kappa shape index (κ2) is 8.79. The molecule has 0 aliphatic carbocycles. The highest BCUT2D eigenvalue weighted by Crippen LogP contribution is 2.33. The summed E-state index contributed by atoms with van der Waals surface area (Å²) in [5.41, 5.74) is 1.78. The second-order valence-corrected chi connectivity index (χ2v) is 8.13. The van der Waals surface area contributed by atoms with E-state index in [4.69, 9.17) is 32.7 Å². The number of nitrogens with one attached hydrogen (secondary N) is 1. The normalized spacial score (nSPS) is 17.9. The van der Waals surface area contributed by atoms with E-state index in [1.54, 1.807) is 18.2 Å². The minimum absolute atomic E-state index is 0.0709. The Hall–Kier alpha value is -1.99. The number of ether oxygens (including phenoxy) is 2. The summed E-state index contributed by atoms with van der Waals surface area (Å²) in [5, 5.41) is 3.88. The molecule has 2 aromatic rings. The molecule has 1 atom stereocenters. The fraction of sp³-hybridized carbons (Fsp3) is 0.381. The molecule has 1 N–H and O–H groups in total. The van der Waals surface area contributed by atoms with Gasteiger partial charge in [-0.2, -0.15) is 0 Å². The number of hydrogen-bond acceptors (Lipinski definition) is 5. The van der Waals surface area contributed by atoms with Crippen LogP contribution in [-0.4, -0.2) is 54.7 Å². The molecular formula is C21H23Cl2N3O3. The molecule has 2 aliphatic rings. The van der Waals surface area contributed by atoms with E-state index in [1.165, 1.54) is 5.56 Å². The van der Waals surface area contributed by atoms with Crippen LogP contribution in [0.2, 0.25) is 10.0 Å². The Morgan fingerprint density at radius 2 is 1.83 bits per heavy atom. The van der Waals surface area contributed by atoms with E-state index >= 15 is 0 Å². The maximum absolute atomic E-state index is 12.6. The van der Waals surface area contributed by atoms with Crippen LogP contribution in [0, 0.1) is 0 Å². The molecule has 6 nitrogen and oxygen atoms in total. The molecular weight excluding hydrogens is 413 g/mol. The van der Waals surface area contributed by atoms with Crippen LogP contribution in [0.15, 0.2) is 36.4 Å². The minimum atomic E-state index is -0.241. The topological polar surface area (TPSA) is 54.0 Å². The van der Waals surface area contributed by atoms with Crippen molar-refractivity contribution in [1.82, 2.24) is 9.80 Å². The zero-order valence-corrected chi connectivity index (χ0v) is 17.7. The number of amides is 1. The van der Waals surface area contributed by atoms with Gasteiger partial charge in [-0.1, -0.05) is 29.3 Å². The summed E-state index contributed by atoms with van der Waals surface area (Å²) in [6.45, 7) is 6.51. The van der Waals surface area contributed by atoms with Gasteiger partial charge in [-0.15, -0.1) is 0 Å². The molecule has 1 unspecified atom stereocenters. The predicted octanol–water partition coefficient (Wildman–Crippen LogP) is 3.87. The fourth-order valence-corrected chi connectivity index (χ4v) is 4.06. The van der Waals surface area contributed by atoms with Crippen LogP contribution in [0.4, 0.5) is 5.69 Å². The van der Waals surface area contributed by atoms with E-state index in [0.29, 0.717) is 22.5 Å². The summed E-state index contributed by atoms with van der Waals surface area (Å²) in [5.74, 6) is 1.55. The number of nitrogens with zero attached hydrogens (tertiary/aromatic N) is 2. The highest BCUT2D eigenvalue weighted by atomic mass is 35.5. The SMILES string of the molecule is CC(C(=O)Nc1ccc(Cl)cc1Cl)N1CCN(Cc2ccc3c(c2)OCO3)CC1. The third kappa shape index (κ3) is 4.78. The molecule has 1 saturated heterocycles. The zero-order valence-electron chi connectivity index (χ0n) is 16.2. The Balaban J connectivity index is 1.29. The quantitative estimate of drug-likeness (QED) is 0.772. The van der Waals surface area contributed by atoms with Crippen molar-refractivity contribution in [2.75, 3.05) is 38.3 Å². The molecule has 29 heavy (non-hydrogen) atoms. The van der Waals surface area contributed by atoms with Gasteiger partial charge in [0.05, 0.1) is 16.8 Å². The number of anilines is 1. The molecule has 0 spiro atoms. The van der Waals surface area contributed by atoms with E-state index in [1.807, 2.05) is 19.1 Å². The van der Waals surface area contributed by atoms with Crippen LogP contribution in [0.3, 0.4) is 0 Å². The Bertz CT molecular complexity index is 901. The molecule has 0 radical (unpaired) electrons. The largest absolute Gasteiger partial charge is 0.454 e. The predicted molar refractivity (Wildman–Crippen MR) is 114 cm³/mol. The van der Waals surface area contributed by atoms with Gasteiger partial charge in [0.15, 0.2) is 11.5 Å². The van der Waals surface area contributed by atoms with Crippen molar-refractivity contribution in [3.8, 4) is 11.5 Å². The van der Waals surface area contributed by atoms with E-state index in [-0.39, 0.29) is 11.9 Å². The van der Waals surface area contributed by atoms with Gasteiger partial charge in [0.25, 0.3) is 0 Å². The number of piperazine rings is 1. The Morgan fingerprint density at radius 1 is 1.07 bits per heavy atom. The lowest BCUT2D eigenvalue weighted by molar-refractivity contribution is -0.121. The van der Waals surface area contributed by atoms with Gasteiger partial charge in [0.2, 0.25) is 12.7 Å². The molecule has 2 heterocycles. The lowest BCUT2D eigenvalue weighted by Crippen LogP contribution is -2.52. The van der Waals surface area contributed by atoms with Crippen LogP contribution in [0.5, 0.6) is 11.5 Å². The molecule has 1 fully saturated rings. The van der Waals surface area contributed by atoms with Crippen LogP contribution < -0.4 is 14.8 Å². The first-order valence-corrected chi connectivity index (χ1v) is 10.4. The lowest BCUT2D eigenvalue weighted by Gasteiger charge is -2.37. The Labute approximate surface area is 180 Å². The lowest BCUT2D eigenvalue weighted by atomic mass is 10.1. The summed E-state index contributed by atoms with van der Waals surface area (Å²) >= 11 is 12.1. The van der Waals surface area contributed by atoms with Crippen LogP contribution in [0.1, 0.15) is 12.5 Å². The van der Waals surface area contributed by atoms with E-state index in [2.05, 4.69) is 21.2 Å². The van der Waals surface area contributed by atoms with Gasteiger partial charge in [-0.3, -0.25) is 14.6 Å². The van der Waals surface area contributed by atoms with Gasteiger partial charge in [0.1, 0.15) is 0 Å². The smallest absolute Gasteiger partial charge is 0.241 e.